The third kappa shape index (κ3) is 2.89. The minimum Gasteiger partial charge on any atom is -0.353 e. The molecule has 0 radical (unpaired) electrons. The Labute approximate surface area is 158 Å². The lowest BCUT2D eigenvalue weighted by atomic mass is 10.2. The van der Waals surface area contributed by atoms with Crippen molar-refractivity contribution in [3.63, 3.8) is 0 Å². The second kappa shape index (κ2) is 6.14. The van der Waals surface area contributed by atoms with Crippen molar-refractivity contribution in [1.82, 2.24) is 29.8 Å². The molecule has 1 aliphatic carbocycles. The molecule has 8 heteroatoms. The zero-order chi connectivity index (χ0) is 18.5. The van der Waals surface area contributed by atoms with Gasteiger partial charge in [-0.15, -0.1) is 15.3 Å². The Bertz CT molecular complexity index is 998. The molecule has 3 aromatic heterocycles. The zero-order valence-electron chi connectivity index (χ0n) is 16.1. The van der Waals surface area contributed by atoms with Crippen LogP contribution in [0, 0.1) is 20.8 Å². The molecule has 2 fully saturated rings. The highest BCUT2D eigenvalue weighted by atomic mass is 15.4. The van der Waals surface area contributed by atoms with Crippen LogP contribution in [0.3, 0.4) is 0 Å². The fourth-order valence-electron chi connectivity index (χ4n) is 3.67. The van der Waals surface area contributed by atoms with Crippen LogP contribution < -0.4 is 9.80 Å². The van der Waals surface area contributed by atoms with Crippen LogP contribution in [0.25, 0.3) is 5.65 Å². The van der Waals surface area contributed by atoms with Crippen molar-refractivity contribution < 1.29 is 0 Å². The fourth-order valence-corrected chi connectivity index (χ4v) is 3.67. The van der Waals surface area contributed by atoms with Crippen molar-refractivity contribution in [2.75, 3.05) is 36.0 Å². The molecule has 3 aromatic rings. The Morgan fingerprint density at radius 3 is 2.37 bits per heavy atom. The zero-order valence-corrected chi connectivity index (χ0v) is 16.1. The molecule has 1 saturated heterocycles. The molecule has 0 aromatic carbocycles. The first kappa shape index (κ1) is 16.4. The molecule has 4 heterocycles. The summed E-state index contributed by atoms with van der Waals surface area (Å²) in [6, 6.07) is 4.01. The monoisotopic (exact) mass is 364 g/mol. The van der Waals surface area contributed by atoms with E-state index in [9.17, 15) is 0 Å². The fraction of sp³-hybridized carbons (Fsp3) is 0.526. The number of fused-ring (bicyclic) bond motifs is 1. The number of hydrogen-bond donors (Lipinski definition) is 0. The molecule has 0 unspecified atom stereocenters. The van der Waals surface area contributed by atoms with Gasteiger partial charge in [-0.1, -0.05) is 0 Å². The maximum atomic E-state index is 4.92. The van der Waals surface area contributed by atoms with Crippen LogP contribution in [0.2, 0.25) is 0 Å². The average molecular weight is 364 g/mol. The Hall–Kier alpha value is -2.77. The van der Waals surface area contributed by atoms with Gasteiger partial charge in [0.1, 0.15) is 17.5 Å². The number of aryl methyl sites for hydroxylation is 2. The summed E-state index contributed by atoms with van der Waals surface area (Å²) in [5.74, 6) is 4.50. The lowest BCUT2D eigenvalue weighted by Crippen LogP contribution is -2.47. The number of nitrogens with zero attached hydrogens (tertiary/aromatic N) is 8. The molecule has 0 N–H and O–H groups in total. The summed E-state index contributed by atoms with van der Waals surface area (Å²) in [4.78, 5) is 14.4. The number of hydrogen-bond acceptors (Lipinski definition) is 7. The Kier molecular flexibility index (Phi) is 3.73. The highest BCUT2D eigenvalue weighted by Gasteiger charge is 2.29. The van der Waals surface area contributed by atoms with E-state index in [-0.39, 0.29) is 0 Å². The molecule has 2 aliphatic rings. The van der Waals surface area contributed by atoms with E-state index in [1.165, 1.54) is 18.4 Å². The van der Waals surface area contributed by atoms with Crippen LogP contribution in [-0.4, -0.2) is 56.0 Å². The molecular weight excluding hydrogens is 340 g/mol. The molecule has 0 bridgehead atoms. The summed E-state index contributed by atoms with van der Waals surface area (Å²) in [5.41, 5.74) is 3.10. The van der Waals surface area contributed by atoms with Gasteiger partial charge in [-0.25, -0.2) is 9.97 Å². The van der Waals surface area contributed by atoms with Crippen molar-refractivity contribution in [3.05, 3.63) is 35.0 Å². The molecule has 0 spiro atoms. The van der Waals surface area contributed by atoms with Gasteiger partial charge in [0.15, 0.2) is 11.5 Å². The van der Waals surface area contributed by atoms with Crippen molar-refractivity contribution in [1.29, 1.82) is 0 Å². The van der Waals surface area contributed by atoms with Gasteiger partial charge in [0.2, 0.25) is 0 Å². The minimum atomic E-state index is 0.576. The van der Waals surface area contributed by atoms with Gasteiger partial charge in [-0.2, -0.15) is 4.52 Å². The van der Waals surface area contributed by atoms with Crippen LogP contribution >= 0.6 is 0 Å². The van der Waals surface area contributed by atoms with E-state index in [2.05, 4.69) is 33.8 Å². The van der Waals surface area contributed by atoms with E-state index in [1.807, 2.05) is 23.6 Å². The van der Waals surface area contributed by atoms with E-state index < -0.39 is 0 Å². The quantitative estimate of drug-likeness (QED) is 0.704. The molecule has 5 rings (SSSR count). The summed E-state index contributed by atoms with van der Waals surface area (Å²) >= 11 is 0. The standard InChI is InChI=1S/C19H24N8/c1-12-13(2)20-18(15-4-5-15)21-19(12)26-10-8-25(9-11-26)17-7-6-16-23-22-14(3)27(16)24-17/h6-7,15H,4-5,8-11H2,1-3H3. The predicted octanol–water partition coefficient (Wildman–Crippen LogP) is 2.04. The SMILES string of the molecule is Cc1nc(C2CC2)nc(N2CCN(c3ccc4nnc(C)n4n3)CC2)c1C. The topological polar surface area (TPSA) is 75.3 Å². The molecular formula is C19H24N8. The number of aromatic nitrogens is 6. The second-order valence-corrected chi connectivity index (χ2v) is 7.57. The van der Waals surface area contributed by atoms with E-state index >= 15 is 0 Å². The van der Waals surface area contributed by atoms with E-state index in [0.717, 1.165) is 60.8 Å². The summed E-state index contributed by atoms with van der Waals surface area (Å²) in [7, 11) is 0. The minimum absolute atomic E-state index is 0.576. The third-order valence-electron chi connectivity index (χ3n) is 5.63. The Balaban J connectivity index is 1.36. The van der Waals surface area contributed by atoms with Gasteiger partial charge in [0.05, 0.1) is 0 Å². The maximum absolute atomic E-state index is 4.92. The first-order valence-electron chi connectivity index (χ1n) is 9.64. The van der Waals surface area contributed by atoms with Gasteiger partial charge in [-0.05, 0) is 45.7 Å². The first-order valence-corrected chi connectivity index (χ1v) is 9.64. The van der Waals surface area contributed by atoms with Crippen molar-refractivity contribution in [3.8, 4) is 0 Å². The lowest BCUT2D eigenvalue weighted by Gasteiger charge is -2.36. The maximum Gasteiger partial charge on any atom is 0.178 e. The van der Waals surface area contributed by atoms with Gasteiger partial charge < -0.3 is 9.80 Å². The van der Waals surface area contributed by atoms with Gasteiger partial charge >= 0.3 is 0 Å². The Morgan fingerprint density at radius 2 is 1.63 bits per heavy atom. The number of rotatable bonds is 3. The largest absolute Gasteiger partial charge is 0.353 e. The first-order chi connectivity index (χ1) is 13.1. The van der Waals surface area contributed by atoms with Gasteiger partial charge in [0.25, 0.3) is 0 Å². The van der Waals surface area contributed by atoms with Crippen LogP contribution in [-0.2, 0) is 0 Å². The summed E-state index contributed by atoms with van der Waals surface area (Å²) in [5, 5.41) is 12.9. The number of anilines is 2. The summed E-state index contributed by atoms with van der Waals surface area (Å²) < 4.78 is 1.81. The van der Waals surface area contributed by atoms with Crippen LogP contribution in [0.5, 0.6) is 0 Å². The molecule has 1 aliphatic heterocycles. The van der Waals surface area contributed by atoms with Crippen LogP contribution in [0.1, 0.15) is 41.7 Å². The number of piperazine rings is 1. The Morgan fingerprint density at radius 1 is 0.889 bits per heavy atom. The summed E-state index contributed by atoms with van der Waals surface area (Å²) in [6.07, 6.45) is 2.46. The van der Waals surface area contributed by atoms with E-state index in [4.69, 9.17) is 15.1 Å². The molecule has 8 nitrogen and oxygen atoms in total. The van der Waals surface area contributed by atoms with Gasteiger partial charge in [-0.3, -0.25) is 0 Å². The van der Waals surface area contributed by atoms with E-state index in [1.54, 1.807) is 0 Å². The highest BCUT2D eigenvalue weighted by molar-refractivity contribution is 5.52. The smallest absolute Gasteiger partial charge is 0.178 e. The van der Waals surface area contributed by atoms with Crippen molar-refractivity contribution in [2.45, 2.75) is 39.5 Å². The van der Waals surface area contributed by atoms with E-state index in [0.29, 0.717) is 5.92 Å². The lowest BCUT2D eigenvalue weighted by molar-refractivity contribution is 0.630. The second-order valence-electron chi connectivity index (χ2n) is 7.57. The molecule has 140 valence electrons. The highest BCUT2D eigenvalue weighted by Crippen LogP contribution is 2.39. The summed E-state index contributed by atoms with van der Waals surface area (Å²) in [6.45, 7) is 9.86. The predicted molar refractivity (Wildman–Crippen MR) is 103 cm³/mol. The molecule has 27 heavy (non-hydrogen) atoms. The van der Waals surface area contributed by atoms with Crippen LogP contribution in [0.15, 0.2) is 12.1 Å². The third-order valence-corrected chi connectivity index (χ3v) is 5.63. The van der Waals surface area contributed by atoms with Crippen LogP contribution in [0.4, 0.5) is 11.6 Å². The molecule has 0 atom stereocenters. The average Bonchev–Trinajstić information content (AvgIpc) is 3.48. The van der Waals surface area contributed by atoms with Crippen molar-refractivity contribution >= 4 is 17.3 Å². The van der Waals surface area contributed by atoms with Crippen molar-refractivity contribution in [2.24, 2.45) is 0 Å². The normalized spacial score (nSPS) is 17.7. The molecule has 1 saturated carbocycles. The molecule has 0 amide bonds. The van der Waals surface area contributed by atoms with Gasteiger partial charge in [0, 0.05) is 43.4 Å².